The van der Waals surface area contributed by atoms with E-state index in [0.717, 1.165) is 36.4 Å². The molecule has 2 aromatic carbocycles. The lowest BCUT2D eigenvalue weighted by Gasteiger charge is -2.28. The van der Waals surface area contributed by atoms with Crippen molar-refractivity contribution in [3.05, 3.63) is 54.1 Å². The number of ether oxygens (including phenoxy) is 3. The molecule has 0 saturated heterocycles. The molecule has 1 atom stereocenters. The molecular formula is C34H50O4. The van der Waals surface area contributed by atoms with Gasteiger partial charge >= 0.3 is 5.97 Å². The van der Waals surface area contributed by atoms with Gasteiger partial charge in [0, 0.05) is 0 Å². The third kappa shape index (κ3) is 11.1. The molecule has 1 aliphatic rings. The molecule has 0 unspecified atom stereocenters. The number of benzene rings is 2. The van der Waals surface area contributed by atoms with Crippen LogP contribution in [0.15, 0.2) is 48.5 Å². The molecule has 0 bridgehead atoms. The van der Waals surface area contributed by atoms with Gasteiger partial charge in [0.15, 0.2) is 0 Å². The van der Waals surface area contributed by atoms with Crippen molar-refractivity contribution >= 4 is 5.97 Å². The first-order chi connectivity index (χ1) is 18.6. The van der Waals surface area contributed by atoms with Gasteiger partial charge in [-0.1, -0.05) is 85.0 Å². The van der Waals surface area contributed by atoms with E-state index >= 15 is 0 Å². The van der Waals surface area contributed by atoms with E-state index < -0.39 is 0 Å². The smallest absolute Gasteiger partial charge is 0.343 e. The summed E-state index contributed by atoms with van der Waals surface area (Å²) in [5.41, 5.74) is 0.511. The van der Waals surface area contributed by atoms with Gasteiger partial charge in [0.2, 0.25) is 0 Å². The minimum atomic E-state index is -0.369. The van der Waals surface area contributed by atoms with Crippen molar-refractivity contribution in [2.75, 3.05) is 13.2 Å². The van der Waals surface area contributed by atoms with Crippen LogP contribution in [0, 0.1) is 17.8 Å². The van der Waals surface area contributed by atoms with E-state index in [4.69, 9.17) is 14.2 Å². The Kier molecular flexibility index (Phi) is 13.6. The van der Waals surface area contributed by atoms with Crippen molar-refractivity contribution in [2.24, 2.45) is 17.8 Å². The summed E-state index contributed by atoms with van der Waals surface area (Å²) in [7, 11) is 0. The third-order valence-electron chi connectivity index (χ3n) is 8.10. The van der Waals surface area contributed by atoms with Crippen molar-refractivity contribution < 1.29 is 19.0 Å². The fourth-order valence-corrected chi connectivity index (χ4v) is 5.21. The summed E-state index contributed by atoms with van der Waals surface area (Å²) < 4.78 is 17.4. The molecule has 1 aliphatic carbocycles. The zero-order chi connectivity index (χ0) is 27.0. The van der Waals surface area contributed by atoms with Crippen LogP contribution in [-0.2, 0) is 0 Å². The number of unbranched alkanes of at least 4 members (excludes halogenated alkanes) is 4. The molecule has 38 heavy (non-hydrogen) atoms. The maximum atomic E-state index is 12.6. The predicted molar refractivity (Wildman–Crippen MR) is 156 cm³/mol. The average molecular weight is 523 g/mol. The summed E-state index contributed by atoms with van der Waals surface area (Å²) in [6, 6.07) is 14.6. The second-order valence-corrected chi connectivity index (χ2v) is 11.3. The zero-order valence-electron chi connectivity index (χ0n) is 24.1. The lowest BCUT2D eigenvalue weighted by Crippen LogP contribution is -2.20. The topological polar surface area (TPSA) is 44.8 Å². The van der Waals surface area contributed by atoms with Crippen LogP contribution < -0.4 is 14.2 Å². The van der Waals surface area contributed by atoms with Crippen molar-refractivity contribution in [3.63, 3.8) is 0 Å². The van der Waals surface area contributed by atoms with E-state index in [1.807, 2.05) is 24.3 Å². The van der Waals surface area contributed by atoms with Crippen LogP contribution in [0.4, 0.5) is 0 Å². The SMILES string of the molecule is CCCCCC1CCC(COc2ccc(OC(=O)c3ccc(OCCCCC[C@@H](C)CC)cc3)cc2)CC1. The van der Waals surface area contributed by atoms with Gasteiger partial charge in [-0.05, 0) is 85.5 Å². The van der Waals surface area contributed by atoms with E-state index in [1.165, 1.54) is 77.0 Å². The molecule has 210 valence electrons. The van der Waals surface area contributed by atoms with E-state index in [9.17, 15) is 4.79 Å². The maximum absolute atomic E-state index is 12.6. The standard InChI is InChI=1S/C34H50O4/c1-4-6-8-12-28-13-15-29(16-14-28)26-37-32-21-23-33(24-22-32)38-34(35)30-17-19-31(20-18-30)36-25-10-7-9-11-27(3)5-2/h17-24,27-29H,4-16,25-26H2,1-3H3/t27-,28?,29?/m0/s1. The Morgan fingerprint density at radius 2 is 1.39 bits per heavy atom. The summed E-state index contributed by atoms with van der Waals surface area (Å²) in [5, 5.41) is 0. The van der Waals surface area contributed by atoms with E-state index in [-0.39, 0.29) is 5.97 Å². The van der Waals surface area contributed by atoms with Gasteiger partial charge in [-0.2, -0.15) is 0 Å². The second kappa shape index (κ2) is 17.2. The molecule has 0 amide bonds. The molecule has 0 radical (unpaired) electrons. The number of carbonyl (C=O) groups excluding carboxylic acids is 1. The van der Waals surface area contributed by atoms with Gasteiger partial charge in [0.05, 0.1) is 18.8 Å². The molecule has 0 N–H and O–H groups in total. The normalized spacial score (nSPS) is 18.1. The number of hydrogen-bond donors (Lipinski definition) is 0. The third-order valence-corrected chi connectivity index (χ3v) is 8.10. The second-order valence-electron chi connectivity index (χ2n) is 11.3. The Bertz CT molecular complexity index is 897. The van der Waals surface area contributed by atoms with Crippen molar-refractivity contribution in [1.29, 1.82) is 0 Å². The summed E-state index contributed by atoms with van der Waals surface area (Å²) in [6.07, 6.45) is 16.8. The Hall–Kier alpha value is -2.49. The monoisotopic (exact) mass is 522 g/mol. The molecule has 0 spiro atoms. The Labute approximate surface area is 231 Å². The highest BCUT2D eigenvalue weighted by molar-refractivity contribution is 5.91. The fraction of sp³-hybridized carbons (Fsp3) is 0.618. The van der Waals surface area contributed by atoms with Gasteiger partial charge in [-0.3, -0.25) is 0 Å². The van der Waals surface area contributed by atoms with Crippen LogP contribution in [0.25, 0.3) is 0 Å². The van der Waals surface area contributed by atoms with E-state index in [0.29, 0.717) is 23.8 Å². The quantitative estimate of drug-likeness (QED) is 0.118. The molecule has 1 fully saturated rings. The Morgan fingerprint density at radius 1 is 0.763 bits per heavy atom. The largest absolute Gasteiger partial charge is 0.494 e. The molecule has 1 saturated carbocycles. The summed E-state index contributed by atoms with van der Waals surface area (Å²) in [6.45, 7) is 8.32. The number of carbonyl (C=O) groups is 1. The van der Waals surface area contributed by atoms with Crippen LogP contribution in [0.1, 0.15) is 115 Å². The molecule has 0 heterocycles. The van der Waals surface area contributed by atoms with Crippen LogP contribution in [0.5, 0.6) is 17.2 Å². The minimum absolute atomic E-state index is 0.369. The van der Waals surface area contributed by atoms with E-state index in [1.54, 1.807) is 24.3 Å². The molecule has 3 rings (SSSR count). The molecule has 2 aromatic rings. The Morgan fingerprint density at radius 3 is 2.08 bits per heavy atom. The van der Waals surface area contributed by atoms with Gasteiger partial charge < -0.3 is 14.2 Å². The van der Waals surface area contributed by atoms with Gasteiger partial charge in [0.25, 0.3) is 0 Å². The molecule has 0 aromatic heterocycles. The molecule has 4 nitrogen and oxygen atoms in total. The highest BCUT2D eigenvalue weighted by atomic mass is 16.5. The summed E-state index contributed by atoms with van der Waals surface area (Å²) >= 11 is 0. The first-order valence-corrected chi connectivity index (χ1v) is 15.2. The van der Waals surface area contributed by atoms with Gasteiger partial charge in [0.1, 0.15) is 17.2 Å². The molecule has 0 aliphatic heterocycles. The van der Waals surface area contributed by atoms with Crippen molar-refractivity contribution in [1.82, 2.24) is 0 Å². The first-order valence-electron chi connectivity index (χ1n) is 15.2. The number of rotatable bonds is 17. The number of esters is 1. The van der Waals surface area contributed by atoms with Crippen LogP contribution >= 0.6 is 0 Å². The fourth-order valence-electron chi connectivity index (χ4n) is 5.21. The number of hydrogen-bond acceptors (Lipinski definition) is 4. The average Bonchev–Trinajstić information content (AvgIpc) is 2.95. The maximum Gasteiger partial charge on any atom is 0.343 e. The highest BCUT2D eigenvalue weighted by Crippen LogP contribution is 2.32. The van der Waals surface area contributed by atoms with Crippen LogP contribution in [-0.4, -0.2) is 19.2 Å². The lowest BCUT2D eigenvalue weighted by molar-refractivity contribution is 0.0734. The summed E-state index contributed by atoms with van der Waals surface area (Å²) in [4.78, 5) is 12.6. The van der Waals surface area contributed by atoms with Crippen molar-refractivity contribution in [2.45, 2.75) is 104 Å². The van der Waals surface area contributed by atoms with Crippen molar-refractivity contribution in [3.8, 4) is 17.2 Å². The van der Waals surface area contributed by atoms with Crippen LogP contribution in [0.2, 0.25) is 0 Å². The predicted octanol–water partition coefficient (Wildman–Crippen LogP) is 9.66. The van der Waals surface area contributed by atoms with E-state index in [2.05, 4.69) is 20.8 Å². The zero-order valence-corrected chi connectivity index (χ0v) is 24.1. The Balaban J connectivity index is 1.32. The lowest BCUT2D eigenvalue weighted by atomic mass is 9.80. The molecule has 4 heteroatoms. The summed E-state index contributed by atoms with van der Waals surface area (Å²) in [5.74, 6) is 4.15. The molecular weight excluding hydrogens is 472 g/mol. The van der Waals surface area contributed by atoms with Crippen LogP contribution in [0.3, 0.4) is 0 Å². The van der Waals surface area contributed by atoms with Gasteiger partial charge in [-0.25, -0.2) is 4.79 Å². The highest BCUT2D eigenvalue weighted by Gasteiger charge is 2.21. The van der Waals surface area contributed by atoms with Gasteiger partial charge in [-0.15, -0.1) is 0 Å². The first kappa shape index (κ1) is 30.1. The minimum Gasteiger partial charge on any atom is -0.494 e.